The molecule has 9 heteroatoms. The summed E-state index contributed by atoms with van der Waals surface area (Å²) in [7, 11) is 0. The number of hydrogen-bond acceptors (Lipinski definition) is 4. The van der Waals surface area contributed by atoms with Gasteiger partial charge in [-0.15, -0.1) is 23.1 Å². The average molecular weight is 397 g/mol. The molecule has 0 saturated heterocycles. The zero-order chi connectivity index (χ0) is 18.6. The zero-order valence-electron chi connectivity index (χ0n) is 13.3. The van der Waals surface area contributed by atoms with E-state index in [1.54, 1.807) is 24.3 Å². The van der Waals surface area contributed by atoms with E-state index in [1.165, 1.54) is 11.3 Å². The molecular weight excluding hydrogens is 383 g/mol. The molecule has 2 aromatic carbocycles. The van der Waals surface area contributed by atoms with Crippen LogP contribution in [0.2, 0.25) is 0 Å². The number of para-hydroxylation sites is 2. The fraction of sp³-hybridized carbons (Fsp3) is 0.176. The van der Waals surface area contributed by atoms with Crippen molar-refractivity contribution in [1.29, 1.82) is 0 Å². The molecule has 2 amide bonds. The Morgan fingerprint density at radius 1 is 1.12 bits per heavy atom. The average Bonchev–Trinajstić information content (AvgIpc) is 3.01. The molecule has 1 aromatic heterocycles. The van der Waals surface area contributed by atoms with E-state index >= 15 is 0 Å². The summed E-state index contributed by atoms with van der Waals surface area (Å²) in [5, 5.41) is 6.01. The SMILES string of the molecule is O=C(NCc1nc2ccccc2s1)Nc1ccccc1SCC(F)(F)F. The van der Waals surface area contributed by atoms with E-state index in [4.69, 9.17) is 0 Å². The summed E-state index contributed by atoms with van der Waals surface area (Å²) in [6, 6.07) is 13.5. The number of anilines is 1. The summed E-state index contributed by atoms with van der Waals surface area (Å²) in [6.07, 6.45) is -4.27. The Bertz CT molecular complexity index is 878. The van der Waals surface area contributed by atoms with Crippen molar-refractivity contribution in [2.75, 3.05) is 11.1 Å². The highest BCUT2D eigenvalue weighted by Crippen LogP contribution is 2.32. The normalized spacial score (nSPS) is 11.5. The van der Waals surface area contributed by atoms with Crippen LogP contribution in [0.1, 0.15) is 5.01 Å². The Morgan fingerprint density at radius 2 is 1.85 bits per heavy atom. The second-order valence-electron chi connectivity index (χ2n) is 5.28. The summed E-state index contributed by atoms with van der Waals surface area (Å²) >= 11 is 2.11. The number of aromatic nitrogens is 1. The van der Waals surface area contributed by atoms with E-state index in [0.29, 0.717) is 22.3 Å². The van der Waals surface area contributed by atoms with Crippen molar-refractivity contribution >= 4 is 45.0 Å². The third-order valence-corrected chi connectivity index (χ3v) is 5.44. The lowest BCUT2D eigenvalue weighted by atomic mass is 10.3. The summed E-state index contributed by atoms with van der Waals surface area (Å²) in [5.41, 5.74) is 1.20. The number of thiazole rings is 1. The smallest absolute Gasteiger partial charge is 0.331 e. The van der Waals surface area contributed by atoms with Crippen LogP contribution in [0.3, 0.4) is 0 Å². The van der Waals surface area contributed by atoms with Gasteiger partial charge in [0.1, 0.15) is 5.01 Å². The predicted molar refractivity (Wildman–Crippen MR) is 98.7 cm³/mol. The monoisotopic (exact) mass is 397 g/mol. The highest BCUT2D eigenvalue weighted by molar-refractivity contribution is 7.99. The molecule has 0 aliphatic carbocycles. The van der Waals surface area contributed by atoms with Gasteiger partial charge >= 0.3 is 12.2 Å². The minimum atomic E-state index is -4.27. The number of urea groups is 1. The summed E-state index contributed by atoms with van der Waals surface area (Å²) < 4.78 is 38.2. The Hall–Kier alpha value is -2.26. The number of halogens is 3. The van der Waals surface area contributed by atoms with Crippen molar-refractivity contribution < 1.29 is 18.0 Å². The van der Waals surface area contributed by atoms with E-state index < -0.39 is 18.0 Å². The standard InChI is InChI=1S/C17H14F3N3OS2/c18-17(19,20)10-25-13-7-3-1-5-11(13)23-16(24)21-9-15-22-12-6-2-4-8-14(12)26-15/h1-8H,9-10H2,(H2,21,23,24). The Morgan fingerprint density at radius 3 is 2.62 bits per heavy atom. The quantitative estimate of drug-likeness (QED) is 0.577. The lowest BCUT2D eigenvalue weighted by Crippen LogP contribution is -2.28. The molecule has 0 fully saturated rings. The van der Waals surface area contributed by atoms with Crippen molar-refractivity contribution in [2.24, 2.45) is 0 Å². The molecule has 0 bridgehead atoms. The van der Waals surface area contributed by atoms with E-state index in [1.807, 2.05) is 24.3 Å². The van der Waals surface area contributed by atoms with Crippen LogP contribution in [0.5, 0.6) is 0 Å². The largest absolute Gasteiger partial charge is 0.398 e. The maximum absolute atomic E-state index is 12.4. The minimum absolute atomic E-state index is 0.239. The van der Waals surface area contributed by atoms with Gasteiger partial charge in [0.25, 0.3) is 0 Å². The van der Waals surface area contributed by atoms with Crippen LogP contribution in [0.4, 0.5) is 23.7 Å². The molecule has 0 unspecified atom stereocenters. The van der Waals surface area contributed by atoms with Crippen LogP contribution in [-0.2, 0) is 6.54 Å². The minimum Gasteiger partial charge on any atom is -0.331 e. The number of rotatable bonds is 5. The highest BCUT2D eigenvalue weighted by atomic mass is 32.2. The summed E-state index contributed by atoms with van der Waals surface area (Å²) in [4.78, 5) is 16.9. The van der Waals surface area contributed by atoms with E-state index in [9.17, 15) is 18.0 Å². The number of thioether (sulfide) groups is 1. The number of nitrogens with one attached hydrogen (secondary N) is 2. The van der Waals surface area contributed by atoms with Crippen LogP contribution < -0.4 is 10.6 Å². The molecule has 0 spiro atoms. The molecule has 1 heterocycles. The number of benzene rings is 2. The van der Waals surface area contributed by atoms with Crippen molar-refractivity contribution in [3.63, 3.8) is 0 Å². The maximum atomic E-state index is 12.4. The van der Waals surface area contributed by atoms with Crippen molar-refractivity contribution in [2.45, 2.75) is 17.6 Å². The molecule has 0 saturated carbocycles. The van der Waals surface area contributed by atoms with Gasteiger partial charge in [0, 0.05) is 4.90 Å². The van der Waals surface area contributed by atoms with Gasteiger partial charge in [-0.2, -0.15) is 13.2 Å². The molecule has 3 aromatic rings. The van der Waals surface area contributed by atoms with Gasteiger partial charge in [0.05, 0.1) is 28.2 Å². The van der Waals surface area contributed by atoms with Crippen molar-refractivity contribution in [3.8, 4) is 0 Å². The first kappa shape index (κ1) is 18.5. The van der Waals surface area contributed by atoms with Gasteiger partial charge in [0.15, 0.2) is 0 Å². The number of alkyl halides is 3. The number of amides is 2. The van der Waals surface area contributed by atoms with E-state index in [-0.39, 0.29) is 6.54 Å². The fourth-order valence-corrected chi connectivity index (χ4v) is 3.85. The molecule has 0 atom stereocenters. The van der Waals surface area contributed by atoms with Gasteiger partial charge in [-0.25, -0.2) is 9.78 Å². The van der Waals surface area contributed by atoms with Crippen LogP contribution in [-0.4, -0.2) is 22.9 Å². The van der Waals surface area contributed by atoms with Gasteiger partial charge in [-0.05, 0) is 24.3 Å². The van der Waals surface area contributed by atoms with Gasteiger partial charge in [-0.1, -0.05) is 24.3 Å². The van der Waals surface area contributed by atoms with Gasteiger partial charge < -0.3 is 10.6 Å². The van der Waals surface area contributed by atoms with E-state index in [0.717, 1.165) is 15.2 Å². The summed E-state index contributed by atoms with van der Waals surface area (Å²) in [6.45, 7) is 0.239. The van der Waals surface area contributed by atoms with Crippen molar-refractivity contribution in [3.05, 3.63) is 53.5 Å². The first-order valence-electron chi connectivity index (χ1n) is 7.58. The van der Waals surface area contributed by atoms with Gasteiger partial charge in [0.2, 0.25) is 0 Å². The third-order valence-electron chi connectivity index (χ3n) is 3.26. The Kier molecular flexibility index (Phi) is 5.67. The lowest BCUT2D eigenvalue weighted by Gasteiger charge is -2.12. The summed E-state index contributed by atoms with van der Waals surface area (Å²) in [5.74, 6) is -1.01. The molecule has 2 N–H and O–H groups in total. The molecule has 0 aliphatic heterocycles. The third kappa shape index (κ3) is 5.12. The van der Waals surface area contributed by atoms with Crippen LogP contribution in [0, 0.1) is 0 Å². The fourth-order valence-electron chi connectivity index (χ4n) is 2.17. The molecular formula is C17H14F3N3OS2. The lowest BCUT2D eigenvalue weighted by molar-refractivity contribution is -0.105. The van der Waals surface area contributed by atoms with Crippen LogP contribution in [0.25, 0.3) is 10.2 Å². The Balaban J connectivity index is 1.59. The molecule has 26 heavy (non-hydrogen) atoms. The first-order valence-corrected chi connectivity index (χ1v) is 9.39. The van der Waals surface area contributed by atoms with Crippen LogP contribution in [0.15, 0.2) is 53.4 Å². The number of carbonyl (C=O) groups is 1. The molecule has 4 nitrogen and oxygen atoms in total. The topological polar surface area (TPSA) is 54.0 Å². The number of nitrogens with zero attached hydrogens (tertiary/aromatic N) is 1. The zero-order valence-corrected chi connectivity index (χ0v) is 15.0. The highest BCUT2D eigenvalue weighted by Gasteiger charge is 2.27. The van der Waals surface area contributed by atoms with Gasteiger partial charge in [-0.3, -0.25) is 0 Å². The Labute approximate surface area is 155 Å². The molecule has 0 radical (unpaired) electrons. The first-order chi connectivity index (χ1) is 12.4. The maximum Gasteiger partial charge on any atom is 0.398 e. The second-order valence-corrected chi connectivity index (χ2v) is 7.42. The van der Waals surface area contributed by atoms with Crippen molar-refractivity contribution in [1.82, 2.24) is 10.3 Å². The van der Waals surface area contributed by atoms with E-state index in [2.05, 4.69) is 15.6 Å². The molecule has 136 valence electrons. The molecule has 0 aliphatic rings. The second kappa shape index (κ2) is 7.96. The predicted octanol–water partition coefficient (Wildman–Crippen LogP) is 5.27. The number of hydrogen-bond donors (Lipinski definition) is 2. The number of carbonyl (C=O) groups excluding carboxylic acids is 1. The van der Waals surface area contributed by atoms with Crippen LogP contribution >= 0.6 is 23.1 Å². The number of fused-ring (bicyclic) bond motifs is 1. The molecule has 3 rings (SSSR count).